The largest absolute Gasteiger partial charge is 0.506 e. The van der Waals surface area contributed by atoms with Crippen LogP contribution in [0.25, 0.3) is 33.1 Å². The Morgan fingerprint density at radius 3 is 2.22 bits per heavy atom. The van der Waals surface area contributed by atoms with Crippen molar-refractivity contribution in [2.24, 2.45) is 0 Å². The van der Waals surface area contributed by atoms with Crippen LogP contribution in [0.3, 0.4) is 0 Å². The standard InChI is InChI=1S/C27H20O10/c1-27(35-2)9-12-7-10-3-4-11-8-15-20(23(30)17(11)16(10)22(29)18(12)26(34)37-27)24(31)19-14(36-15)6-5-13(21(19)28)25(32)33/h5-8,28-30H,3-4,9H2,1-2H3,(H,32,33). The zero-order valence-corrected chi connectivity index (χ0v) is 19.7. The number of cyclic esters (lactones) is 1. The predicted molar refractivity (Wildman–Crippen MR) is 129 cm³/mol. The first-order valence-corrected chi connectivity index (χ1v) is 11.4. The van der Waals surface area contributed by atoms with E-state index in [4.69, 9.17) is 13.9 Å². The van der Waals surface area contributed by atoms with Gasteiger partial charge in [0.15, 0.2) is 0 Å². The lowest BCUT2D eigenvalue weighted by atomic mass is 9.80. The molecule has 37 heavy (non-hydrogen) atoms. The second-order valence-corrected chi connectivity index (χ2v) is 9.40. The van der Waals surface area contributed by atoms with E-state index in [-0.39, 0.29) is 45.4 Å². The fraction of sp³-hybridized carbons (Fsp3) is 0.222. The molecule has 6 rings (SSSR count). The molecular weight excluding hydrogens is 484 g/mol. The van der Waals surface area contributed by atoms with Gasteiger partial charge in [0, 0.05) is 31.6 Å². The normalized spacial score (nSPS) is 18.3. The Kier molecular flexibility index (Phi) is 4.61. The number of phenols is 3. The third kappa shape index (κ3) is 3.05. The number of methoxy groups -OCH3 is 1. The summed E-state index contributed by atoms with van der Waals surface area (Å²) in [6.45, 7) is 1.62. The van der Waals surface area contributed by atoms with Crippen LogP contribution in [0.2, 0.25) is 0 Å². The molecule has 188 valence electrons. The number of aryl methyl sites for hydroxylation is 2. The van der Waals surface area contributed by atoms with Crippen LogP contribution in [0.5, 0.6) is 17.2 Å². The van der Waals surface area contributed by atoms with Crippen LogP contribution < -0.4 is 5.43 Å². The van der Waals surface area contributed by atoms with Gasteiger partial charge in [-0.15, -0.1) is 0 Å². The number of carboxylic acids is 1. The van der Waals surface area contributed by atoms with Gasteiger partial charge in [-0.2, -0.15) is 0 Å². The van der Waals surface area contributed by atoms with Crippen molar-refractivity contribution in [3.8, 4) is 28.4 Å². The molecule has 2 aliphatic rings. The van der Waals surface area contributed by atoms with Crippen molar-refractivity contribution in [3.05, 3.63) is 62.3 Å². The van der Waals surface area contributed by atoms with Crippen LogP contribution >= 0.6 is 0 Å². The first kappa shape index (κ1) is 22.9. The molecule has 0 fully saturated rings. The third-order valence-corrected chi connectivity index (χ3v) is 7.22. The first-order chi connectivity index (χ1) is 17.5. The SMILES string of the molecule is COC1(C)Cc2cc3c(c(O)c2C(=O)O1)-c1c(cc2oc4ccc(C(=O)O)c(O)c4c(=O)c2c1O)CC3. The monoisotopic (exact) mass is 504 g/mol. The van der Waals surface area contributed by atoms with E-state index in [2.05, 4.69) is 0 Å². The van der Waals surface area contributed by atoms with Crippen LogP contribution in [0.1, 0.15) is 44.3 Å². The molecule has 0 radical (unpaired) electrons. The maximum absolute atomic E-state index is 13.5. The fourth-order valence-corrected chi connectivity index (χ4v) is 5.41. The number of ether oxygens (including phenoxy) is 2. The number of hydrogen-bond acceptors (Lipinski definition) is 9. The van der Waals surface area contributed by atoms with Gasteiger partial charge in [0.25, 0.3) is 0 Å². The Bertz CT molecular complexity index is 1780. The van der Waals surface area contributed by atoms with E-state index in [1.165, 1.54) is 13.2 Å². The lowest BCUT2D eigenvalue weighted by molar-refractivity contribution is -0.177. The van der Waals surface area contributed by atoms with Crippen LogP contribution in [0.4, 0.5) is 0 Å². The number of benzene rings is 3. The Balaban J connectivity index is 1.67. The van der Waals surface area contributed by atoms with Gasteiger partial charge in [0.05, 0.1) is 0 Å². The maximum Gasteiger partial charge on any atom is 0.344 e. The number of carbonyl (C=O) groups excluding carboxylic acids is 1. The highest BCUT2D eigenvalue weighted by Crippen LogP contribution is 2.50. The fourth-order valence-electron chi connectivity index (χ4n) is 5.41. The summed E-state index contributed by atoms with van der Waals surface area (Å²) in [6.07, 6.45) is 1.14. The van der Waals surface area contributed by atoms with E-state index in [1.807, 2.05) is 0 Å². The number of aromatic carboxylic acids is 1. The van der Waals surface area contributed by atoms with E-state index in [9.17, 15) is 34.8 Å². The summed E-state index contributed by atoms with van der Waals surface area (Å²) in [5.74, 6) is -5.08. The lowest BCUT2D eigenvalue weighted by Gasteiger charge is -2.34. The highest BCUT2D eigenvalue weighted by molar-refractivity contribution is 6.06. The van der Waals surface area contributed by atoms with Gasteiger partial charge in [-0.25, -0.2) is 9.59 Å². The molecule has 0 saturated heterocycles. The number of hydrogen-bond donors (Lipinski definition) is 4. The summed E-state index contributed by atoms with van der Waals surface area (Å²) in [5, 5.41) is 41.8. The molecule has 1 unspecified atom stereocenters. The molecule has 1 aromatic heterocycles. The zero-order valence-electron chi connectivity index (χ0n) is 19.7. The molecule has 1 aliphatic carbocycles. The summed E-state index contributed by atoms with van der Waals surface area (Å²) in [7, 11) is 1.42. The highest BCUT2D eigenvalue weighted by Gasteiger charge is 2.40. The molecule has 2 heterocycles. The van der Waals surface area contributed by atoms with Gasteiger partial charge in [-0.3, -0.25) is 4.79 Å². The summed E-state index contributed by atoms with van der Waals surface area (Å²) in [4.78, 5) is 37.8. The van der Waals surface area contributed by atoms with E-state index < -0.39 is 45.6 Å². The van der Waals surface area contributed by atoms with Gasteiger partial charge >= 0.3 is 11.9 Å². The van der Waals surface area contributed by atoms with Crippen molar-refractivity contribution in [3.63, 3.8) is 0 Å². The average molecular weight is 504 g/mol. The zero-order chi connectivity index (χ0) is 26.4. The molecule has 3 aromatic carbocycles. The summed E-state index contributed by atoms with van der Waals surface area (Å²) in [5.41, 5.74) is 0.740. The number of rotatable bonds is 2. The Labute approximate surface area is 207 Å². The van der Waals surface area contributed by atoms with Crippen molar-refractivity contribution in [1.29, 1.82) is 0 Å². The summed E-state index contributed by atoms with van der Waals surface area (Å²) < 4.78 is 16.5. The molecule has 4 aromatic rings. The van der Waals surface area contributed by atoms with Gasteiger partial charge in [0.2, 0.25) is 11.2 Å². The molecule has 4 N–H and O–H groups in total. The van der Waals surface area contributed by atoms with Crippen molar-refractivity contribution < 1.29 is 43.9 Å². The van der Waals surface area contributed by atoms with Gasteiger partial charge in [0.1, 0.15) is 50.3 Å². The molecule has 0 saturated carbocycles. The smallest absolute Gasteiger partial charge is 0.344 e. The Morgan fingerprint density at radius 1 is 0.892 bits per heavy atom. The van der Waals surface area contributed by atoms with Gasteiger partial charge < -0.3 is 34.3 Å². The van der Waals surface area contributed by atoms with E-state index in [0.29, 0.717) is 29.5 Å². The van der Waals surface area contributed by atoms with Gasteiger partial charge in [-0.1, -0.05) is 6.07 Å². The van der Waals surface area contributed by atoms with Gasteiger partial charge in [-0.05, 0) is 47.7 Å². The lowest BCUT2D eigenvalue weighted by Crippen LogP contribution is -2.40. The number of carboxylic acid groups (broad SMARTS) is 1. The van der Waals surface area contributed by atoms with Crippen molar-refractivity contribution in [2.75, 3.05) is 7.11 Å². The molecule has 1 aliphatic heterocycles. The van der Waals surface area contributed by atoms with E-state index >= 15 is 0 Å². The predicted octanol–water partition coefficient (Wildman–Crippen LogP) is 3.60. The maximum atomic E-state index is 13.5. The van der Waals surface area contributed by atoms with Crippen molar-refractivity contribution in [1.82, 2.24) is 0 Å². The number of fused-ring (bicyclic) bond motifs is 6. The third-order valence-electron chi connectivity index (χ3n) is 7.22. The second kappa shape index (κ2) is 7.47. The summed E-state index contributed by atoms with van der Waals surface area (Å²) in [6, 6.07) is 5.72. The number of aromatic hydroxyl groups is 3. The molecule has 10 heteroatoms. The number of phenolic OH excluding ortho intramolecular Hbond substituents is 2. The minimum atomic E-state index is -1.44. The molecule has 0 bridgehead atoms. The van der Waals surface area contributed by atoms with Crippen LogP contribution in [0, 0.1) is 0 Å². The van der Waals surface area contributed by atoms with E-state index in [0.717, 1.165) is 6.07 Å². The minimum Gasteiger partial charge on any atom is -0.506 e. The molecule has 0 spiro atoms. The molecule has 0 amide bonds. The molecular formula is C27H20O10. The van der Waals surface area contributed by atoms with Crippen molar-refractivity contribution >= 4 is 33.9 Å². The second-order valence-electron chi connectivity index (χ2n) is 9.40. The van der Waals surface area contributed by atoms with Crippen molar-refractivity contribution in [2.45, 2.75) is 32.0 Å². The van der Waals surface area contributed by atoms with Crippen LogP contribution in [0.15, 0.2) is 33.5 Å². The summed E-state index contributed by atoms with van der Waals surface area (Å²) >= 11 is 0. The van der Waals surface area contributed by atoms with Crippen LogP contribution in [-0.4, -0.2) is 45.3 Å². The number of carbonyl (C=O) groups is 2. The quantitative estimate of drug-likeness (QED) is 0.234. The molecule has 10 nitrogen and oxygen atoms in total. The average Bonchev–Trinajstić information content (AvgIpc) is 2.83. The molecule has 1 atom stereocenters. The Morgan fingerprint density at radius 2 is 1.54 bits per heavy atom. The topological polar surface area (TPSA) is 164 Å². The van der Waals surface area contributed by atoms with Crippen LogP contribution in [-0.2, 0) is 28.7 Å². The Hall–Kier alpha value is -4.57. The minimum absolute atomic E-state index is 0.0346. The van der Waals surface area contributed by atoms with E-state index in [1.54, 1.807) is 19.1 Å². The number of esters is 1. The highest BCUT2D eigenvalue weighted by atomic mass is 16.7. The first-order valence-electron chi connectivity index (χ1n) is 11.4.